The van der Waals surface area contributed by atoms with Crippen LogP contribution in [0.4, 0.5) is 0 Å². The maximum Gasteiger partial charge on any atom is 0.332 e. The van der Waals surface area contributed by atoms with Gasteiger partial charge in [0.1, 0.15) is 11.8 Å². The summed E-state index contributed by atoms with van der Waals surface area (Å²) in [7, 11) is 0. The fourth-order valence-corrected chi connectivity index (χ4v) is 2.57. The van der Waals surface area contributed by atoms with Gasteiger partial charge in [0.2, 0.25) is 5.91 Å². The molecule has 1 fully saturated rings. The highest BCUT2D eigenvalue weighted by molar-refractivity contribution is 5.82. The van der Waals surface area contributed by atoms with Crippen molar-refractivity contribution >= 4 is 11.9 Å². The van der Waals surface area contributed by atoms with Crippen molar-refractivity contribution in [1.82, 2.24) is 20.3 Å². The van der Waals surface area contributed by atoms with E-state index in [9.17, 15) is 9.59 Å². The molecule has 0 bridgehead atoms. The molecule has 1 aromatic carbocycles. The van der Waals surface area contributed by atoms with Crippen molar-refractivity contribution in [1.29, 1.82) is 0 Å². The van der Waals surface area contributed by atoms with Crippen LogP contribution in [0, 0.1) is 0 Å². The second-order valence-electron chi connectivity index (χ2n) is 5.68. The Balaban J connectivity index is 1.61. The second kappa shape index (κ2) is 6.79. The number of hydrogen-bond acceptors (Lipinski definition) is 5. The van der Waals surface area contributed by atoms with Crippen LogP contribution >= 0.6 is 0 Å². The first kappa shape index (κ1) is 16.1. The van der Waals surface area contributed by atoms with Crippen LogP contribution in [0.5, 0.6) is 0 Å². The summed E-state index contributed by atoms with van der Waals surface area (Å²) >= 11 is 0. The number of nitrogens with zero attached hydrogens (tertiary/aromatic N) is 3. The first-order valence-electron chi connectivity index (χ1n) is 7.71. The molecule has 1 unspecified atom stereocenters. The van der Waals surface area contributed by atoms with Crippen LogP contribution < -0.4 is 5.32 Å². The minimum atomic E-state index is -1.04. The number of carbonyl (C=O) groups is 2. The van der Waals surface area contributed by atoms with E-state index in [1.165, 1.54) is 0 Å². The minimum absolute atomic E-state index is 0.333. The van der Waals surface area contributed by atoms with E-state index in [0.29, 0.717) is 18.5 Å². The van der Waals surface area contributed by atoms with E-state index >= 15 is 0 Å². The molecule has 2 heterocycles. The summed E-state index contributed by atoms with van der Waals surface area (Å²) < 4.78 is 6.87. The lowest BCUT2D eigenvalue weighted by Crippen LogP contribution is -2.37. The first-order chi connectivity index (χ1) is 11.5. The van der Waals surface area contributed by atoms with Crippen molar-refractivity contribution in [3.63, 3.8) is 0 Å². The third kappa shape index (κ3) is 3.43. The van der Waals surface area contributed by atoms with Gasteiger partial charge < -0.3 is 15.2 Å². The van der Waals surface area contributed by atoms with Gasteiger partial charge in [0.15, 0.2) is 6.10 Å². The van der Waals surface area contributed by atoms with E-state index < -0.39 is 18.2 Å². The van der Waals surface area contributed by atoms with Crippen LogP contribution in [0.3, 0.4) is 0 Å². The average molecular weight is 330 g/mol. The summed E-state index contributed by atoms with van der Waals surface area (Å²) in [6.45, 7) is 1.79. The zero-order chi connectivity index (χ0) is 17.1. The van der Waals surface area contributed by atoms with E-state index in [2.05, 4.69) is 15.6 Å². The number of aromatic nitrogens is 3. The Morgan fingerprint density at radius 3 is 2.67 bits per heavy atom. The van der Waals surface area contributed by atoms with E-state index in [4.69, 9.17) is 9.84 Å². The highest BCUT2D eigenvalue weighted by Gasteiger charge is 2.35. The van der Waals surface area contributed by atoms with Crippen molar-refractivity contribution in [3.05, 3.63) is 42.2 Å². The molecule has 0 spiro atoms. The van der Waals surface area contributed by atoms with Gasteiger partial charge in [0.25, 0.3) is 0 Å². The number of benzene rings is 1. The predicted molar refractivity (Wildman–Crippen MR) is 83.4 cm³/mol. The summed E-state index contributed by atoms with van der Waals surface area (Å²) in [5.41, 5.74) is 1.48. The molecular weight excluding hydrogens is 312 g/mol. The molecule has 24 heavy (non-hydrogen) atoms. The average Bonchev–Trinajstić information content (AvgIpc) is 3.25. The number of para-hydroxylation sites is 1. The van der Waals surface area contributed by atoms with Gasteiger partial charge in [-0.2, -0.15) is 0 Å². The Morgan fingerprint density at radius 2 is 2.00 bits per heavy atom. The lowest BCUT2D eigenvalue weighted by Gasteiger charge is -2.15. The van der Waals surface area contributed by atoms with Crippen molar-refractivity contribution in [2.75, 3.05) is 0 Å². The van der Waals surface area contributed by atoms with Crippen molar-refractivity contribution < 1.29 is 19.4 Å². The molecule has 3 rings (SSSR count). The van der Waals surface area contributed by atoms with Crippen LogP contribution in [0.1, 0.15) is 31.5 Å². The molecule has 1 aliphatic heterocycles. The van der Waals surface area contributed by atoms with E-state index in [1.54, 1.807) is 17.8 Å². The highest BCUT2D eigenvalue weighted by Crippen LogP contribution is 2.21. The molecule has 3 atom stereocenters. The second-order valence-corrected chi connectivity index (χ2v) is 5.68. The largest absolute Gasteiger partial charge is 0.479 e. The van der Waals surface area contributed by atoms with Gasteiger partial charge in [-0.1, -0.05) is 23.4 Å². The Bertz CT molecular complexity index is 731. The highest BCUT2D eigenvalue weighted by atomic mass is 16.5. The smallest absolute Gasteiger partial charge is 0.332 e. The molecule has 0 radical (unpaired) electrons. The monoisotopic (exact) mass is 330 g/mol. The van der Waals surface area contributed by atoms with E-state index in [0.717, 1.165) is 5.69 Å². The molecule has 0 aliphatic carbocycles. The van der Waals surface area contributed by atoms with Gasteiger partial charge >= 0.3 is 5.97 Å². The number of aliphatic carboxylic acids is 1. The zero-order valence-corrected chi connectivity index (χ0v) is 13.1. The zero-order valence-electron chi connectivity index (χ0n) is 13.1. The third-order valence-corrected chi connectivity index (χ3v) is 3.92. The number of nitrogens with one attached hydrogen (secondary N) is 1. The van der Waals surface area contributed by atoms with Gasteiger partial charge in [-0.25, -0.2) is 9.48 Å². The van der Waals surface area contributed by atoms with Crippen LogP contribution in [0.25, 0.3) is 5.69 Å². The number of carboxylic acid groups (broad SMARTS) is 1. The van der Waals surface area contributed by atoms with Crippen LogP contribution in [-0.4, -0.2) is 44.2 Å². The molecule has 1 aromatic heterocycles. The maximum atomic E-state index is 12.2. The Kier molecular flexibility index (Phi) is 4.57. The number of rotatable bonds is 5. The summed E-state index contributed by atoms with van der Waals surface area (Å²) in [5, 5.41) is 19.8. The molecule has 2 N–H and O–H groups in total. The third-order valence-electron chi connectivity index (χ3n) is 3.92. The number of hydrogen-bond donors (Lipinski definition) is 2. The molecule has 2 aromatic rings. The minimum Gasteiger partial charge on any atom is -0.479 e. The summed E-state index contributed by atoms with van der Waals surface area (Å²) in [6, 6.07) is 9.16. The predicted octanol–water partition coefficient (Wildman–Crippen LogP) is 1.08. The molecule has 1 saturated heterocycles. The van der Waals surface area contributed by atoms with Crippen LogP contribution in [-0.2, 0) is 14.3 Å². The molecule has 126 valence electrons. The van der Waals surface area contributed by atoms with Crippen molar-refractivity contribution in [3.8, 4) is 5.69 Å². The molecule has 1 aliphatic rings. The maximum absolute atomic E-state index is 12.2. The lowest BCUT2D eigenvalue weighted by atomic mass is 10.1. The fourth-order valence-electron chi connectivity index (χ4n) is 2.57. The normalized spacial score (nSPS) is 21.4. The lowest BCUT2D eigenvalue weighted by molar-refractivity contribution is -0.151. The SMILES string of the molecule is CC(NC(=O)[C@@H]1CC[C@H](C(=O)O)O1)c1cn(-c2ccccc2)nn1. The standard InChI is InChI=1S/C16H18N4O4/c1-10(17-15(21)13-7-8-14(24-13)16(22)23)12-9-20(19-18-12)11-5-3-2-4-6-11/h2-6,9-10,13-14H,7-8H2,1H3,(H,17,21)(H,22,23)/t10?,13-,14+/m0/s1. The van der Waals surface area contributed by atoms with Gasteiger partial charge in [0, 0.05) is 0 Å². The molecule has 8 heteroatoms. The van der Waals surface area contributed by atoms with Gasteiger partial charge in [-0.15, -0.1) is 5.10 Å². The first-order valence-corrected chi connectivity index (χ1v) is 7.71. The molecule has 8 nitrogen and oxygen atoms in total. The fraction of sp³-hybridized carbons (Fsp3) is 0.375. The van der Waals surface area contributed by atoms with Crippen LogP contribution in [0.15, 0.2) is 36.5 Å². The Morgan fingerprint density at radius 1 is 1.29 bits per heavy atom. The Hall–Kier alpha value is -2.74. The number of carbonyl (C=O) groups excluding carboxylic acids is 1. The van der Waals surface area contributed by atoms with E-state index in [1.807, 2.05) is 30.3 Å². The molecule has 0 saturated carbocycles. The molecule has 1 amide bonds. The number of ether oxygens (including phenoxy) is 1. The number of carboxylic acids is 1. The summed E-state index contributed by atoms with van der Waals surface area (Å²) in [5.74, 6) is -1.37. The van der Waals surface area contributed by atoms with Gasteiger partial charge in [0.05, 0.1) is 17.9 Å². The van der Waals surface area contributed by atoms with Crippen LogP contribution in [0.2, 0.25) is 0 Å². The summed E-state index contributed by atoms with van der Waals surface area (Å²) in [4.78, 5) is 23.1. The van der Waals surface area contributed by atoms with Crippen molar-refractivity contribution in [2.45, 2.75) is 38.0 Å². The quantitative estimate of drug-likeness (QED) is 0.849. The van der Waals surface area contributed by atoms with Gasteiger partial charge in [-0.3, -0.25) is 4.79 Å². The summed E-state index contributed by atoms with van der Waals surface area (Å²) in [6.07, 6.45) is 0.835. The van der Waals surface area contributed by atoms with Crippen molar-refractivity contribution in [2.24, 2.45) is 0 Å². The Labute approximate surface area is 138 Å². The topological polar surface area (TPSA) is 106 Å². The van der Waals surface area contributed by atoms with E-state index in [-0.39, 0.29) is 11.9 Å². The van der Waals surface area contributed by atoms with Gasteiger partial charge in [-0.05, 0) is 31.9 Å². The molecular formula is C16H18N4O4. The number of amides is 1.